The first kappa shape index (κ1) is 13.0. The molecule has 0 saturated carbocycles. The Labute approximate surface area is 108 Å². The molecule has 0 aliphatic heterocycles. The van der Waals surface area contributed by atoms with E-state index in [-0.39, 0.29) is 22.5 Å². The third-order valence-electron chi connectivity index (χ3n) is 2.65. The van der Waals surface area contributed by atoms with Gasteiger partial charge in [0.05, 0.1) is 11.3 Å². The molecule has 19 heavy (non-hydrogen) atoms. The Balaban J connectivity index is 2.48. The highest BCUT2D eigenvalue weighted by Crippen LogP contribution is 2.27. The minimum absolute atomic E-state index is 0.0275. The average molecular weight is 262 g/mol. The zero-order valence-corrected chi connectivity index (χ0v) is 9.97. The molecule has 0 aromatic heterocycles. The van der Waals surface area contributed by atoms with Crippen molar-refractivity contribution in [2.75, 3.05) is 5.32 Å². The number of benzene rings is 2. The van der Waals surface area contributed by atoms with Gasteiger partial charge in [-0.3, -0.25) is 0 Å². The van der Waals surface area contributed by atoms with Crippen LogP contribution in [0, 0.1) is 35.7 Å². The van der Waals surface area contributed by atoms with E-state index in [1.807, 2.05) is 0 Å². The zero-order chi connectivity index (χ0) is 14.0. The molecule has 1 N–H and O–H groups in total. The molecule has 2 aromatic carbocycles. The standard InChI is InChI=1S/C14H9F3N2/c1-8-2-4-11(16)14(13(8)17)19-12-5-3-10(15)6-9(12)7-18/h2-6,19H,1H3. The van der Waals surface area contributed by atoms with Crippen LogP contribution in [0.3, 0.4) is 0 Å². The van der Waals surface area contributed by atoms with Crippen LogP contribution in [0.1, 0.15) is 11.1 Å². The van der Waals surface area contributed by atoms with Gasteiger partial charge in [-0.05, 0) is 36.8 Å². The predicted molar refractivity (Wildman–Crippen MR) is 65.5 cm³/mol. The number of nitrogens with zero attached hydrogens (tertiary/aromatic N) is 1. The van der Waals surface area contributed by atoms with Crippen LogP contribution in [0.25, 0.3) is 0 Å². The van der Waals surface area contributed by atoms with Crippen LogP contribution in [0.5, 0.6) is 0 Å². The lowest BCUT2D eigenvalue weighted by Crippen LogP contribution is -2.01. The molecule has 5 heteroatoms. The second kappa shape index (κ2) is 5.02. The number of hydrogen-bond acceptors (Lipinski definition) is 2. The maximum atomic E-state index is 13.8. The van der Waals surface area contributed by atoms with E-state index in [9.17, 15) is 13.2 Å². The van der Waals surface area contributed by atoms with Crippen molar-refractivity contribution in [2.24, 2.45) is 0 Å². The summed E-state index contributed by atoms with van der Waals surface area (Å²) >= 11 is 0. The summed E-state index contributed by atoms with van der Waals surface area (Å²) in [4.78, 5) is 0. The fourth-order valence-corrected chi connectivity index (χ4v) is 1.62. The molecule has 2 nitrogen and oxygen atoms in total. The van der Waals surface area contributed by atoms with E-state index in [2.05, 4.69) is 5.32 Å². The van der Waals surface area contributed by atoms with E-state index in [1.54, 1.807) is 6.07 Å². The molecule has 0 spiro atoms. The molecule has 0 atom stereocenters. The molecule has 0 radical (unpaired) electrons. The SMILES string of the molecule is Cc1ccc(F)c(Nc2ccc(F)cc2C#N)c1F. The van der Waals surface area contributed by atoms with Gasteiger partial charge in [-0.1, -0.05) is 6.07 Å². The lowest BCUT2D eigenvalue weighted by atomic mass is 10.1. The predicted octanol–water partition coefficient (Wildman–Crippen LogP) is 4.03. The van der Waals surface area contributed by atoms with Gasteiger partial charge in [-0.2, -0.15) is 5.26 Å². The molecule has 0 bridgehead atoms. The molecule has 96 valence electrons. The molecular formula is C14H9F3N2. The van der Waals surface area contributed by atoms with Crippen molar-refractivity contribution in [1.29, 1.82) is 5.26 Å². The molecule has 0 aliphatic carbocycles. The van der Waals surface area contributed by atoms with Gasteiger partial charge in [0.15, 0.2) is 5.82 Å². The van der Waals surface area contributed by atoms with Crippen molar-refractivity contribution < 1.29 is 13.2 Å². The third-order valence-corrected chi connectivity index (χ3v) is 2.65. The highest BCUT2D eigenvalue weighted by molar-refractivity contribution is 5.67. The van der Waals surface area contributed by atoms with Crippen molar-refractivity contribution in [3.05, 3.63) is 58.9 Å². The van der Waals surface area contributed by atoms with Crippen molar-refractivity contribution in [2.45, 2.75) is 6.92 Å². The summed E-state index contributed by atoms with van der Waals surface area (Å²) in [6, 6.07) is 7.55. The first-order valence-corrected chi connectivity index (χ1v) is 5.44. The number of aryl methyl sites for hydroxylation is 1. The van der Waals surface area contributed by atoms with Gasteiger partial charge in [0.25, 0.3) is 0 Å². The van der Waals surface area contributed by atoms with E-state index >= 15 is 0 Å². The Kier molecular flexibility index (Phi) is 3.43. The van der Waals surface area contributed by atoms with Crippen LogP contribution in [-0.2, 0) is 0 Å². The summed E-state index contributed by atoms with van der Waals surface area (Å²) in [7, 11) is 0. The van der Waals surface area contributed by atoms with Gasteiger partial charge < -0.3 is 5.32 Å². The highest BCUT2D eigenvalue weighted by atomic mass is 19.1. The van der Waals surface area contributed by atoms with E-state index in [4.69, 9.17) is 5.26 Å². The molecular weight excluding hydrogens is 253 g/mol. The van der Waals surface area contributed by atoms with Crippen LogP contribution in [0.15, 0.2) is 30.3 Å². The van der Waals surface area contributed by atoms with Crippen LogP contribution < -0.4 is 5.32 Å². The Morgan fingerprint density at radius 1 is 1.11 bits per heavy atom. The maximum absolute atomic E-state index is 13.8. The smallest absolute Gasteiger partial charge is 0.152 e. The summed E-state index contributed by atoms with van der Waals surface area (Å²) in [6.45, 7) is 1.50. The van der Waals surface area contributed by atoms with Crippen LogP contribution in [0.2, 0.25) is 0 Å². The molecule has 0 unspecified atom stereocenters. The van der Waals surface area contributed by atoms with E-state index in [0.717, 1.165) is 18.2 Å². The quantitative estimate of drug-likeness (QED) is 0.887. The number of anilines is 2. The van der Waals surface area contributed by atoms with Gasteiger partial charge in [-0.15, -0.1) is 0 Å². The van der Waals surface area contributed by atoms with Gasteiger partial charge in [0.1, 0.15) is 23.4 Å². The van der Waals surface area contributed by atoms with Gasteiger partial charge in [0.2, 0.25) is 0 Å². The largest absolute Gasteiger partial charge is 0.350 e. The lowest BCUT2D eigenvalue weighted by molar-refractivity contribution is 0.585. The topological polar surface area (TPSA) is 35.8 Å². The Morgan fingerprint density at radius 3 is 2.53 bits per heavy atom. The summed E-state index contributed by atoms with van der Waals surface area (Å²) in [5.74, 6) is -2.11. The van der Waals surface area contributed by atoms with Gasteiger partial charge >= 0.3 is 0 Å². The fourth-order valence-electron chi connectivity index (χ4n) is 1.62. The maximum Gasteiger partial charge on any atom is 0.152 e. The minimum Gasteiger partial charge on any atom is -0.350 e. The normalized spacial score (nSPS) is 10.1. The van der Waals surface area contributed by atoms with Gasteiger partial charge in [-0.25, -0.2) is 13.2 Å². The Hall–Kier alpha value is -2.48. The number of rotatable bonds is 2. The third kappa shape index (κ3) is 2.52. The van der Waals surface area contributed by atoms with E-state index in [1.165, 1.54) is 19.1 Å². The second-order valence-electron chi connectivity index (χ2n) is 3.98. The molecule has 0 amide bonds. The summed E-state index contributed by atoms with van der Waals surface area (Å²) in [5, 5.41) is 11.4. The highest BCUT2D eigenvalue weighted by Gasteiger charge is 2.13. The number of hydrogen-bond donors (Lipinski definition) is 1. The number of halogens is 3. The van der Waals surface area contributed by atoms with Crippen LogP contribution >= 0.6 is 0 Å². The summed E-state index contributed by atoms with van der Waals surface area (Å²) in [5.41, 5.74) is 0.0280. The molecule has 2 rings (SSSR count). The lowest BCUT2D eigenvalue weighted by Gasteiger charge is -2.11. The van der Waals surface area contributed by atoms with Crippen LogP contribution in [0.4, 0.5) is 24.5 Å². The first-order valence-electron chi connectivity index (χ1n) is 5.44. The van der Waals surface area contributed by atoms with Crippen LogP contribution in [-0.4, -0.2) is 0 Å². The molecule has 0 aliphatic rings. The van der Waals surface area contributed by atoms with Crippen molar-refractivity contribution >= 4 is 11.4 Å². The monoisotopic (exact) mass is 262 g/mol. The Bertz CT molecular complexity index is 675. The molecule has 0 fully saturated rings. The second-order valence-corrected chi connectivity index (χ2v) is 3.98. The van der Waals surface area contributed by atoms with Gasteiger partial charge in [0, 0.05) is 0 Å². The summed E-state index contributed by atoms with van der Waals surface area (Å²) < 4.78 is 40.3. The van der Waals surface area contributed by atoms with Crippen molar-refractivity contribution in [1.82, 2.24) is 0 Å². The number of nitriles is 1. The molecule has 0 saturated heterocycles. The average Bonchev–Trinajstić information content (AvgIpc) is 2.40. The molecule has 2 aromatic rings. The van der Waals surface area contributed by atoms with E-state index < -0.39 is 17.5 Å². The zero-order valence-electron chi connectivity index (χ0n) is 9.97. The Morgan fingerprint density at radius 2 is 1.84 bits per heavy atom. The summed E-state index contributed by atoms with van der Waals surface area (Å²) in [6.07, 6.45) is 0. The minimum atomic E-state index is -0.781. The fraction of sp³-hybridized carbons (Fsp3) is 0.0714. The first-order chi connectivity index (χ1) is 9.02. The number of nitrogens with one attached hydrogen (secondary N) is 1. The van der Waals surface area contributed by atoms with E-state index in [0.29, 0.717) is 0 Å². The molecule has 0 heterocycles. The van der Waals surface area contributed by atoms with Crippen molar-refractivity contribution in [3.63, 3.8) is 0 Å². The van der Waals surface area contributed by atoms with Crippen molar-refractivity contribution in [3.8, 4) is 6.07 Å².